The SMILES string of the molecule is Cc1ccc(C(=O)CSc2nnnn2C(C)(C)C)cc1. The summed E-state index contributed by atoms with van der Waals surface area (Å²) >= 11 is 1.37. The van der Waals surface area contributed by atoms with Gasteiger partial charge in [-0.05, 0) is 38.1 Å². The summed E-state index contributed by atoms with van der Waals surface area (Å²) < 4.78 is 1.74. The highest BCUT2D eigenvalue weighted by atomic mass is 32.2. The van der Waals surface area contributed by atoms with E-state index in [-0.39, 0.29) is 11.3 Å². The highest BCUT2D eigenvalue weighted by molar-refractivity contribution is 7.99. The van der Waals surface area contributed by atoms with Crippen LogP contribution in [0.25, 0.3) is 0 Å². The average molecular weight is 290 g/mol. The van der Waals surface area contributed by atoms with Crippen molar-refractivity contribution < 1.29 is 4.79 Å². The van der Waals surface area contributed by atoms with Crippen LogP contribution in [-0.4, -0.2) is 31.7 Å². The number of aryl methyl sites for hydroxylation is 1. The Morgan fingerprint density at radius 3 is 2.50 bits per heavy atom. The fourth-order valence-electron chi connectivity index (χ4n) is 1.64. The molecule has 6 heteroatoms. The number of carbonyl (C=O) groups is 1. The fraction of sp³-hybridized carbons (Fsp3) is 0.429. The van der Waals surface area contributed by atoms with Crippen LogP contribution in [0.4, 0.5) is 0 Å². The van der Waals surface area contributed by atoms with Crippen LogP contribution in [0.2, 0.25) is 0 Å². The fourth-order valence-corrected chi connectivity index (χ4v) is 2.60. The summed E-state index contributed by atoms with van der Waals surface area (Å²) in [5.74, 6) is 0.415. The summed E-state index contributed by atoms with van der Waals surface area (Å²) in [4.78, 5) is 12.1. The number of carbonyl (C=O) groups excluding carboxylic acids is 1. The minimum atomic E-state index is -0.196. The molecular formula is C14H18N4OS. The lowest BCUT2D eigenvalue weighted by Crippen LogP contribution is -2.24. The van der Waals surface area contributed by atoms with Gasteiger partial charge in [0.25, 0.3) is 0 Å². The Kier molecular flexibility index (Phi) is 4.23. The molecular weight excluding hydrogens is 272 g/mol. The lowest BCUT2D eigenvalue weighted by atomic mass is 10.1. The predicted octanol–water partition coefficient (Wildman–Crippen LogP) is 2.71. The maximum atomic E-state index is 12.1. The molecule has 1 aromatic carbocycles. The van der Waals surface area contributed by atoms with E-state index in [9.17, 15) is 4.79 Å². The molecule has 106 valence electrons. The van der Waals surface area contributed by atoms with Crippen molar-refractivity contribution in [3.05, 3.63) is 35.4 Å². The van der Waals surface area contributed by atoms with Crippen LogP contribution in [-0.2, 0) is 5.54 Å². The monoisotopic (exact) mass is 290 g/mol. The first-order valence-corrected chi connectivity index (χ1v) is 7.38. The summed E-state index contributed by atoms with van der Waals surface area (Å²) in [7, 11) is 0. The van der Waals surface area contributed by atoms with E-state index >= 15 is 0 Å². The van der Waals surface area contributed by atoms with E-state index in [0.717, 1.165) is 11.1 Å². The lowest BCUT2D eigenvalue weighted by molar-refractivity contribution is 0.102. The van der Waals surface area contributed by atoms with E-state index < -0.39 is 0 Å². The van der Waals surface area contributed by atoms with Crippen molar-refractivity contribution in [2.24, 2.45) is 0 Å². The second-order valence-electron chi connectivity index (χ2n) is 5.62. The molecule has 0 saturated heterocycles. The van der Waals surface area contributed by atoms with Crippen LogP contribution < -0.4 is 0 Å². The first kappa shape index (κ1) is 14.7. The molecule has 2 aromatic rings. The molecule has 1 heterocycles. The number of tetrazole rings is 1. The van der Waals surface area contributed by atoms with Crippen molar-refractivity contribution >= 4 is 17.5 Å². The average Bonchev–Trinajstić information content (AvgIpc) is 2.85. The molecule has 0 aliphatic rings. The summed E-state index contributed by atoms with van der Waals surface area (Å²) in [6.07, 6.45) is 0. The van der Waals surface area contributed by atoms with E-state index in [4.69, 9.17) is 0 Å². The highest BCUT2D eigenvalue weighted by Gasteiger charge is 2.20. The molecule has 0 radical (unpaired) electrons. The van der Waals surface area contributed by atoms with E-state index in [1.54, 1.807) is 4.68 Å². The summed E-state index contributed by atoms with van der Waals surface area (Å²) in [6.45, 7) is 8.07. The molecule has 0 bridgehead atoms. The van der Waals surface area contributed by atoms with E-state index in [0.29, 0.717) is 10.9 Å². The van der Waals surface area contributed by atoms with Gasteiger partial charge in [-0.15, -0.1) is 5.10 Å². The summed E-state index contributed by atoms with van der Waals surface area (Å²) in [5.41, 5.74) is 1.67. The number of thioether (sulfide) groups is 1. The number of hydrogen-bond acceptors (Lipinski definition) is 5. The van der Waals surface area contributed by atoms with Crippen molar-refractivity contribution in [2.45, 2.75) is 38.4 Å². The number of benzene rings is 1. The number of rotatable bonds is 4. The van der Waals surface area contributed by atoms with Crippen molar-refractivity contribution in [2.75, 3.05) is 5.75 Å². The maximum absolute atomic E-state index is 12.1. The zero-order valence-electron chi connectivity index (χ0n) is 12.1. The largest absolute Gasteiger partial charge is 0.293 e. The van der Waals surface area contributed by atoms with Gasteiger partial charge in [-0.1, -0.05) is 41.6 Å². The zero-order chi connectivity index (χ0) is 14.8. The summed E-state index contributed by atoms with van der Waals surface area (Å²) in [6, 6.07) is 7.59. The number of nitrogens with zero attached hydrogens (tertiary/aromatic N) is 4. The minimum Gasteiger partial charge on any atom is -0.293 e. The molecule has 0 aliphatic heterocycles. The van der Waals surface area contributed by atoms with Crippen LogP contribution in [0, 0.1) is 6.92 Å². The molecule has 2 rings (SSSR count). The van der Waals surface area contributed by atoms with Gasteiger partial charge in [-0.25, -0.2) is 4.68 Å². The topological polar surface area (TPSA) is 60.7 Å². The third-order valence-corrected chi connectivity index (χ3v) is 3.70. The van der Waals surface area contributed by atoms with Gasteiger partial charge in [0, 0.05) is 5.56 Å². The van der Waals surface area contributed by atoms with Crippen molar-refractivity contribution in [3.63, 3.8) is 0 Å². The van der Waals surface area contributed by atoms with Crippen LogP contribution in [0.1, 0.15) is 36.7 Å². The third-order valence-electron chi connectivity index (χ3n) is 2.78. The molecule has 0 fully saturated rings. The molecule has 0 saturated carbocycles. The molecule has 0 unspecified atom stereocenters. The number of Topliss-reactive ketones (excluding diaryl/α,β-unsaturated/α-hetero) is 1. The van der Waals surface area contributed by atoms with E-state index in [1.165, 1.54) is 11.8 Å². The standard InChI is InChI=1S/C14H18N4OS/c1-10-5-7-11(8-6-10)12(19)9-20-13-15-16-17-18(13)14(2,3)4/h5-8H,9H2,1-4H3. The first-order chi connectivity index (χ1) is 9.38. The van der Waals surface area contributed by atoms with Crippen LogP contribution >= 0.6 is 11.8 Å². The Hall–Kier alpha value is -1.69. The van der Waals surface area contributed by atoms with Crippen molar-refractivity contribution in [3.8, 4) is 0 Å². The predicted molar refractivity (Wildman–Crippen MR) is 79.0 cm³/mol. The Labute approximate surface area is 122 Å². The van der Waals surface area contributed by atoms with Gasteiger partial charge in [0.05, 0.1) is 11.3 Å². The van der Waals surface area contributed by atoms with Crippen LogP contribution in [0.15, 0.2) is 29.4 Å². The quantitative estimate of drug-likeness (QED) is 0.640. The summed E-state index contributed by atoms with van der Waals surface area (Å²) in [5, 5.41) is 12.3. The van der Waals surface area contributed by atoms with Crippen LogP contribution in [0.5, 0.6) is 0 Å². The molecule has 0 aliphatic carbocycles. The third kappa shape index (κ3) is 3.45. The molecule has 0 N–H and O–H groups in total. The zero-order valence-corrected chi connectivity index (χ0v) is 12.9. The van der Waals surface area contributed by atoms with Gasteiger partial charge in [-0.3, -0.25) is 4.79 Å². The van der Waals surface area contributed by atoms with Crippen molar-refractivity contribution in [1.29, 1.82) is 0 Å². The normalized spacial score (nSPS) is 11.6. The van der Waals surface area contributed by atoms with Gasteiger partial charge < -0.3 is 0 Å². The Bertz CT molecular complexity index is 598. The lowest BCUT2D eigenvalue weighted by Gasteiger charge is -2.19. The second kappa shape index (κ2) is 5.75. The smallest absolute Gasteiger partial charge is 0.210 e. The van der Waals surface area contributed by atoms with E-state index in [1.807, 2.05) is 52.0 Å². The Morgan fingerprint density at radius 1 is 1.25 bits per heavy atom. The number of aromatic nitrogens is 4. The molecule has 0 spiro atoms. The van der Waals surface area contributed by atoms with Crippen molar-refractivity contribution in [1.82, 2.24) is 20.2 Å². The van der Waals surface area contributed by atoms with Gasteiger partial charge >= 0.3 is 0 Å². The molecule has 0 atom stereocenters. The van der Waals surface area contributed by atoms with Gasteiger partial charge in [0.1, 0.15) is 0 Å². The molecule has 20 heavy (non-hydrogen) atoms. The highest BCUT2D eigenvalue weighted by Crippen LogP contribution is 2.22. The minimum absolute atomic E-state index is 0.0819. The van der Waals surface area contributed by atoms with E-state index in [2.05, 4.69) is 15.5 Å². The van der Waals surface area contributed by atoms with Gasteiger partial charge in [0.2, 0.25) is 5.16 Å². The molecule has 5 nitrogen and oxygen atoms in total. The number of ketones is 1. The first-order valence-electron chi connectivity index (χ1n) is 6.39. The second-order valence-corrected chi connectivity index (χ2v) is 6.56. The van der Waals surface area contributed by atoms with Gasteiger partial charge in [-0.2, -0.15) is 0 Å². The maximum Gasteiger partial charge on any atom is 0.210 e. The van der Waals surface area contributed by atoms with Gasteiger partial charge in [0.15, 0.2) is 5.78 Å². The molecule has 1 aromatic heterocycles. The number of hydrogen-bond donors (Lipinski definition) is 0. The Morgan fingerprint density at radius 2 is 1.90 bits per heavy atom. The molecule has 0 amide bonds. The van der Waals surface area contributed by atoms with Crippen LogP contribution in [0.3, 0.4) is 0 Å². The Balaban J connectivity index is 2.04.